The lowest BCUT2D eigenvalue weighted by Crippen LogP contribution is -2.13. The van der Waals surface area contributed by atoms with Crippen molar-refractivity contribution in [3.63, 3.8) is 0 Å². The molecule has 31 heavy (non-hydrogen) atoms. The van der Waals surface area contributed by atoms with Crippen LogP contribution in [0.25, 0.3) is 16.7 Å². The van der Waals surface area contributed by atoms with Crippen LogP contribution in [-0.2, 0) is 0 Å². The second-order valence-corrected chi connectivity index (χ2v) is 7.13. The Morgan fingerprint density at radius 3 is 2.42 bits per heavy atom. The standard InChI is InChI=1S/C21H16ClN5O4/c1-12-9-18-19(25-26(24-18)14-4-6-15(31-2)7-5-14)11-17(12)23-21(28)13-3-8-16(22)20(10-13)27(29)30/h3-11H,1-2H3,(H,23,28). The average Bonchev–Trinajstić information content (AvgIpc) is 3.16. The summed E-state index contributed by atoms with van der Waals surface area (Å²) in [6, 6.07) is 14.7. The van der Waals surface area contributed by atoms with E-state index < -0.39 is 10.8 Å². The maximum absolute atomic E-state index is 12.6. The first-order chi connectivity index (χ1) is 14.9. The van der Waals surface area contributed by atoms with Crippen molar-refractivity contribution in [2.75, 3.05) is 12.4 Å². The van der Waals surface area contributed by atoms with E-state index in [0.717, 1.165) is 23.1 Å². The minimum Gasteiger partial charge on any atom is -0.497 e. The van der Waals surface area contributed by atoms with Gasteiger partial charge in [0, 0.05) is 17.3 Å². The highest BCUT2D eigenvalue weighted by molar-refractivity contribution is 6.32. The number of carbonyl (C=O) groups excluding carboxylic acids is 1. The third kappa shape index (κ3) is 4.03. The largest absolute Gasteiger partial charge is 0.497 e. The number of nitro benzene ring substituents is 1. The van der Waals surface area contributed by atoms with Gasteiger partial charge in [-0.2, -0.15) is 4.80 Å². The summed E-state index contributed by atoms with van der Waals surface area (Å²) in [5.41, 5.74) is 3.09. The predicted octanol–water partition coefficient (Wildman–Crippen LogP) is 4.55. The van der Waals surface area contributed by atoms with Gasteiger partial charge in [0.25, 0.3) is 11.6 Å². The molecule has 0 radical (unpaired) electrons. The topological polar surface area (TPSA) is 112 Å². The van der Waals surface area contributed by atoms with Crippen LogP contribution in [0.4, 0.5) is 11.4 Å². The summed E-state index contributed by atoms with van der Waals surface area (Å²) in [4.78, 5) is 24.6. The highest BCUT2D eigenvalue weighted by Crippen LogP contribution is 2.27. The molecule has 0 fully saturated rings. The van der Waals surface area contributed by atoms with Crippen LogP contribution in [0.5, 0.6) is 5.75 Å². The number of hydrogen-bond acceptors (Lipinski definition) is 6. The fourth-order valence-electron chi connectivity index (χ4n) is 3.02. The SMILES string of the molecule is COc1ccc(-n2nc3cc(C)c(NC(=O)c4ccc(Cl)c([N+](=O)[O-])c4)cc3n2)cc1. The summed E-state index contributed by atoms with van der Waals surface area (Å²) in [7, 11) is 1.59. The van der Waals surface area contributed by atoms with Crippen molar-refractivity contribution in [2.45, 2.75) is 6.92 Å². The van der Waals surface area contributed by atoms with Crippen molar-refractivity contribution in [1.82, 2.24) is 15.0 Å². The zero-order valence-electron chi connectivity index (χ0n) is 16.5. The molecule has 0 saturated heterocycles. The Morgan fingerprint density at radius 2 is 1.77 bits per heavy atom. The van der Waals surface area contributed by atoms with E-state index in [0.29, 0.717) is 16.7 Å². The second-order valence-electron chi connectivity index (χ2n) is 6.72. The van der Waals surface area contributed by atoms with Gasteiger partial charge in [-0.25, -0.2) is 0 Å². The molecule has 3 aromatic carbocycles. The fraction of sp³-hybridized carbons (Fsp3) is 0.0952. The summed E-state index contributed by atoms with van der Waals surface area (Å²) in [6.07, 6.45) is 0. The number of anilines is 1. The molecule has 4 rings (SSSR count). The first kappa shape index (κ1) is 20.3. The maximum Gasteiger partial charge on any atom is 0.288 e. The first-order valence-corrected chi connectivity index (χ1v) is 9.51. The van der Waals surface area contributed by atoms with Crippen LogP contribution in [-0.4, -0.2) is 32.9 Å². The van der Waals surface area contributed by atoms with Crippen LogP contribution in [0.15, 0.2) is 54.6 Å². The molecule has 0 bridgehead atoms. The number of benzene rings is 3. The van der Waals surface area contributed by atoms with Crippen LogP contribution in [0.1, 0.15) is 15.9 Å². The van der Waals surface area contributed by atoms with Gasteiger partial charge in [-0.1, -0.05) is 11.6 Å². The van der Waals surface area contributed by atoms with E-state index in [-0.39, 0.29) is 16.3 Å². The zero-order valence-corrected chi connectivity index (χ0v) is 17.3. The molecule has 0 spiro atoms. The van der Waals surface area contributed by atoms with Gasteiger partial charge in [-0.3, -0.25) is 14.9 Å². The number of rotatable bonds is 5. The molecule has 156 valence electrons. The molecule has 0 atom stereocenters. The molecule has 1 amide bonds. The van der Waals surface area contributed by atoms with Crippen molar-refractivity contribution in [3.8, 4) is 11.4 Å². The van der Waals surface area contributed by atoms with E-state index in [9.17, 15) is 14.9 Å². The number of nitrogens with one attached hydrogen (secondary N) is 1. The third-order valence-corrected chi connectivity index (χ3v) is 5.00. The number of aryl methyl sites for hydroxylation is 1. The van der Waals surface area contributed by atoms with Crippen molar-refractivity contribution in [1.29, 1.82) is 0 Å². The van der Waals surface area contributed by atoms with Crippen LogP contribution < -0.4 is 10.1 Å². The predicted molar refractivity (Wildman–Crippen MR) is 116 cm³/mol. The molecule has 0 aliphatic rings. The highest BCUT2D eigenvalue weighted by atomic mass is 35.5. The van der Waals surface area contributed by atoms with Gasteiger partial charge in [0.1, 0.15) is 21.8 Å². The molecule has 0 aliphatic heterocycles. The van der Waals surface area contributed by atoms with Crippen LogP contribution in [0.3, 0.4) is 0 Å². The van der Waals surface area contributed by atoms with Gasteiger partial charge in [0.2, 0.25) is 0 Å². The number of fused-ring (bicyclic) bond motifs is 1. The number of ether oxygens (including phenoxy) is 1. The van der Waals surface area contributed by atoms with E-state index in [2.05, 4.69) is 15.5 Å². The van der Waals surface area contributed by atoms with Gasteiger partial charge >= 0.3 is 0 Å². The molecule has 10 heteroatoms. The Bertz CT molecular complexity index is 1320. The molecule has 0 aliphatic carbocycles. The molecule has 0 saturated carbocycles. The Hall–Kier alpha value is -3.98. The summed E-state index contributed by atoms with van der Waals surface area (Å²) >= 11 is 5.82. The summed E-state index contributed by atoms with van der Waals surface area (Å²) in [5.74, 6) is 0.230. The average molecular weight is 438 g/mol. The minimum absolute atomic E-state index is 0.0331. The molecular weight excluding hydrogens is 422 g/mol. The third-order valence-electron chi connectivity index (χ3n) is 4.68. The van der Waals surface area contributed by atoms with Crippen LogP contribution in [0.2, 0.25) is 5.02 Å². The van der Waals surface area contributed by atoms with Crippen molar-refractivity contribution in [3.05, 3.63) is 80.9 Å². The summed E-state index contributed by atoms with van der Waals surface area (Å²) in [5, 5.41) is 22.8. The number of methoxy groups -OCH3 is 1. The van der Waals surface area contributed by atoms with Gasteiger partial charge in [-0.05, 0) is 61.0 Å². The molecular formula is C21H16ClN5O4. The maximum atomic E-state index is 12.6. The number of hydrogen-bond donors (Lipinski definition) is 1. The Balaban J connectivity index is 1.63. The molecule has 0 unspecified atom stereocenters. The van der Waals surface area contributed by atoms with Crippen molar-refractivity contribution < 1.29 is 14.5 Å². The van der Waals surface area contributed by atoms with E-state index in [1.165, 1.54) is 16.9 Å². The fourth-order valence-corrected chi connectivity index (χ4v) is 3.21. The Labute approximate surface area is 181 Å². The quantitative estimate of drug-likeness (QED) is 0.362. The number of amides is 1. The Morgan fingerprint density at radius 1 is 1.10 bits per heavy atom. The lowest BCUT2D eigenvalue weighted by molar-refractivity contribution is -0.384. The van der Waals surface area contributed by atoms with Crippen LogP contribution in [0, 0.1) is 17.0 Å². The minimum atomic E-state index is -0.631. The number of aromatic nitrogens is 3. The van der Waals surface area contributed by atoms with Crippen molar-refractivity contribution >= 4 is 39.9 Å². The van der Waals surface area contributed by atoms with Gasteiger partial charge in [0.15, 0.2) is 0 Å². The highest BCUT2D eigenvalue weighted by Gasteiger charge is 2.17. The first-order valence-electron chi connectivity index (χ1n) is 9.13. The number of nitrogens with zero attached hydrogens (tertiary/aromatic N) is 4. The van der Waals surface area contributed by atoms with Crippen molar-refractivity contribution in [2.24, 2.45) is 0 Å². The number of nitro groups is 1. The monoisotopic (exact) mass is 437 g/mol. The zero-order chi connectivity index (χ0) is 22.1. The molecule has 1 heterocycles. The lowest BCUT2D eigenvalue weighted by Gasteiger charge is -2.08. The van der Waals surface area contributed by atoms with E-state index >= 15 is 0 Å². The number of halogens is 1. The van der Waals surface area contributed by atoms with E-state index in [1.807, 2.05) is 37.3 Å². The van der Waals surface area contributed by atoms with Crippen LogP contribution >= 0.6 is 11.6 Å². The molecule has 9 nitrogen and oxygen atoms in total. The summed E-state index contributed by atoms with van der Waals surface area (Å²) in [6.45, 7) is 1.83. The smallest absolute Gasteiger partial charge is 0.288 e. The van der Waals surface area contributed by atoms with E-state index in [4.69, 9.17) is 16.3 Å². The van der Waals surface area contributed by atoms with Gasteiger partial charge < -0.3 is 10.1 Å². The van der Waals surface area contributed by atoms with Gasteiger partial charge in [-0.15, -0.1) is 10.2 Å². The number of carbonyl (C=O) groups is 1. The molecule has 1 aromatic heterocycles. The lowest BCUT2D eigenvalue weighted by atomic mass is 10.1. The summed E-state index contributed by atoms with van der Waals surface area (Å²) < 4.78 is 5.16. The van der Waals surface area contributed by atoms with E-state index in [1.54, 1.807) is 13.2 Å². The molecule has 1 N–H and O–H groups in total. The molecule has 4 aromatic rings. The second kappa shape index (κ2) is 8.04. The normalized spacial score (nSPS) is 10.8. The Kier molecular flexibility index (Phi) is 5.26. The van der Waals surface area contributed by atoms with Gasteiger partial charge in [0.05, 0.1) is 17.7 Å².